The van der Waals surface area contributed by atoms with E-state index in [2.05, 4.69) is 0 Å². The summed E-state index contributed by atoms with van der Waals surface area (Å²) in [5.41, 5.74) is 1.47. The normalized spacial score (nSPS) is 16.8. The van der Waals surface area contributed by atoms with Crippen molar-refractivity contribution in [3.05, 3.63) is 52.2 Å². The molecular weight excluding hydrogens is 286 g/mol. The van der Waals surface area contributed by atoms with E-state index in [9.17, 15) is 14.7 Å². The summed E-state index contributed by atoms with van der Waals surface area (Å²) in [6.45, 7) is 0.234. The van der Waals surface area contributed by atoms with Gasteiger partial charge >= 0.3 is 5.97 Å². The summed E-state index contributed by atoms with van der Waals surface area (Å²) in [5, 5.41) is 11.3. The van der Waals surface area contributed by atoms with E-state index < -0.39 is 11.9 Å². The molecule has 0 bridgehead atoms. The Balaban J connectivity index is 1.76. The van der Waals surface area contributed by atoms with Crippen molar-refractivity contribution in [1.82, 2.24) is 0 Å². The first kappa shape index (κ1) is 13.8. The van der Waals surface area contributed by atoms with Gasteiger partial charge in [0.2, 0.25) is 5.91 Å². The molecule has 1 unspecified atom stereocenters. The van der Waals surface area contributed by atoms with Crippen molar-refractivity contribution in [3.63, 3.8) is 0 Å². The topological polar surface area (TPSA) is 57.6 Å². The third-order valence-corrected chi connectivity index (χ3v) is 4.67. The molecule has 0 fully saturated rings. The lowest BCUT2D eigenvalue weighted by Crippen LogP contribution is -2.31. The van der Waals surface area contributed by atoms with E-state index in [1.54, 1.807) is 22.3 Å². The number of para-hydroxylation sites is 1. The quantitative estimate of drug-likeness (QED) is 0.944. The van der Waals surface area contributed by atoms with Crippen molar-refractivity contribution in [2.24, 2.45) is 0 Å². The Hall–Kier alpha value is -2.14. The van der Waals surface area contributed by atoms with Crippen molar-refractivity contribution in [2.45, 2.75) is 18.8 Å². The number of hydrogen-bond acceptors (Lipinski definition) is 3. The number of carbonyl (C=O) groups excluding carboxylic acids is 1. The van der Waals surface area contributed by atoms with Gasteiger partial charge in [0.15, 0.2) is 0 Å². The molecule has 108 valence electrons. The lowest BCUT2D eigenvalue weighted by atomic mass is 10.0. The van der Waals surface area contributed by atoms with Gasteiger partial charge in [-0.15, -0.1) is 11.3 Å². The molecule has 0 saturated carbocycles. The highest BCUT2D eigenvalue weighted by molar-refractivity contribution is 7.09. The number of anilines is 1. The second kappa shape index (κ2) is 5.69. The molecule has 0 spiro atoms. The summed E-state index contributed by atoms with van der Waals surface area (Å²) in [7, 11) is 0. The van der Waals surface area contributed by atoms with Crippen LogP contribution in [0.25, 0.3) is 0 Å². The average Bonchev–Trinajstić information content (AvgIpc) is 3.12. The van der Waals surface area contributed by atoms with Crippen LogP contribution in [-0.2, 0) is 16.0 Å². The minimum atomic E-state index is -0.879. The molecule has 0 aliphatic carbocycles. The first-order valence-electron chi connectivity index (χ1n) is 6.81. The van der Waals surface area contributed by atoms with Gasteiger partial charge in [-0.25, -0.2) is 0 Å². The van der Waals surface area contributed by atoms with Gasteiger partial charge in [0.1, 0.15) is 5.92 Å². The smallest absolute Gasteiger partial charge is 0.312 e. The van der Waals surface area contributed by atoms with E-state index in [-0.39, 0.29) is 12.5 Å². The summed E-state index contributed by atoms with van der Waals surface area (Å²) in [6, 6.07) is 11.2. The maximum Gasteiger partial charge on any atom is 0.312 e. The van der Waals surface area contributed by atoms with Gasteiger partial charge in [0.25, 0.3) is 0 Å². The molecule has 1 aromatic carbocycles. The number of carboxylic acids is 1. The van der Waals surface area contributed by atoms with Gasteiger partial charge in [0.05, 0.1) is 0 Å². The van der Waals surface area contributed by atoms with Gasteiger partial charge in [-0.3, -0.25) is 9.59 Å². The maximum atomic E-state index is 12.4. The Kier molecular flexibility index (Phi) is 3.75. The second-order valence-electron chi connectivity index (χ2n) is 5.03. The predicted molar refractivity (Wildman–Crippen MR) is 81.8 cm³/mol. The first-order valence-corrected chi connectivity index (χ1v) is 7.69. The summed E-state index contributed by atoms with van der Waals surface area (Å²) >= 11 is 1.63. The molecule has 0 radical (unpaired) electrons. The van der Waals surface area contributed by atoms with E-state index >= 15 is 0 Å². The minimum absolute atomic E-state index is 0.0143. The number of nitrogens with zero attached hydrogens (tertiary/aromatic N) is 1. The molecule has 1 N–H and O–H groups in total. The summed E-state index contributed by atoms with van der Waals surface area (Å²) in [6.07, 6.45) is 1.11. The lowest BCUT2D eigenvalue weighted by Gasteiger charge is -2.17. The molecule has 1 atom stereocenters. The van der Waals surface area contributed by atoms with Crippen LogP contribution >= 0.6 is 11.3 Å². The number of carboxylic acid groups (broad SMARTS) is 1. The van der Waals surface area contributed by atoms with Crippen LogP contribution < -0.4 is 4.90 Å². The van der Waals surface area contributed by atoms with Crippen molar-refractivity contribution in [1.29, 1.82) is 0 Å². The summed E-state index contributed by atoms with van der Waals surface area (Å²) in [5.74, 6) is -1.51. The Morgan fingerprint density at radius 1 is 1.24 bits per heavy atom. The molecule has 4 nitrogen and oxygen atoms in total. The highest BCUT2D eigenvalue weighted by atomic mass is 32.1. The molecule has 1 aliphatic heterocycles. The Labute approximate surface area is 126 Å². The van der Waals surface area contributed by atoms with Crippen LogP contribution in [0.3, 0.4) is 0 Å². The molecule has 2 aromatic rings. The van der Waals surface area contributed by atoms with Gasteiger partial charge in [0, 0.05) is 23.5 Å². The second-order valence-corrected chi connectivity index (χ2v) is 6.07. The fourth-order valence-electron chi connectivity index (χ4n) is 2.67. The largest absolute Gasteiger partial charge is 0.481 e. The Morgan fingerprint density at radius 2 is 2.05 bits per heavy atom. The highest BCUT2D eigenvalue weighted by Gasteiger charge is 2.35. The van der Waals surface area contributed by atoms with Crippen LogP contribution in [0.15, 0.2) is 41.8 Å². The van der Waals surface area contributed by atoms with E-state index in [1.807, 2.05) is 35.7 Å². The van der Waals surface area contributed by atoms with E-state index in [0.29, 0.717) is 12.8 Å². The molecule has 1 amide bonds. The molecule has 1 aliphatic rings. The summed E-state index contributed by atoms with van der Waals surface area (Å²) < 4.78 is 0. The first-order chi connectivity index (χ1) is 10.2. The third-order valence-electron chi connectivity index (χ3n) is 3.73. The van der Waals surface area contributed by atoms with Crippen LogP contribution in [0.4, 0.5) is 5.69 Å². The van der Waals surface area contributed by atoms with Crippen LogP contribution in [0.1, 0.15) is 22.8 Å². The van der Waals surface area contributed by atoms with Crippen LogP contribution in [0.2, 0.25) is 0 Å². The van der Waals surface area contributed by atoms with Crippen molar-refractivity contribution >= 4 is 28.9 Å². The third kappa shape index (κ3) is 2.69. The fourth-order valence-corrected chi connectivity index (χ4v) is 3.38. The van der Waals surface area contributed by atoms with Crippen LogP contribution in [0, 0.1) is 0 Å². The zero-order valence-corrected chi connectivity index (χ0v) is 12.2. The van der Waals surface area contributed by atoms with Gasteiger partial charge in [-0.2, -0.15) is 0 Å². The van der Waals surface area contributed by atoms with Gasteiger partial charge < -0.3 is 10.0 Å². The minimum Gasteiger partial charge on any atom is -0.481 e. The number of rotatable bonds is 4. The number of aliphatic carboxylic acids is 1. The monoisotopic (exact) mass is 301 g/mol. The standard InChI is InChI=1S/C16H15NO3S/c18-15(8-7-11-4-3-9-21-11)17-10-13(16(19)20)12-5-1-2-6-14(12)17/h1-6,9,13H,7-8,10H2,(H,19,20). The molecular formula is C16H15NO3S. The van der Waals surface area contributed by atoms with E-state index in [1.165, 1.54) is 4.88 Å². The zero-order valence-electron chi connectivity index (χ0n) is 11.4. The maximum absolute atomic E-state index is 12.4. The number of carbonyl (C=O) groups is 2. The number of thiophene rings is 1. The molecule has 5 heteroatoms. The Bertz CT molecular complexity index is 666. The number of fused-ring (bicyclic) bond motifs is 1. The van der Waals surface area contributed by atoms with Crippen molar-refractivity contribution in [3.8, 4) is 0 Å². The lowest BCUT2D eigenvalue weighted by molar-refractivity contribution is -0.138. The molecule has 21 heavy (non-hydrogen) atoms. The van der Waals surface area contributed by atoms with E-state index in [4.69, 9.17) is 0 Å². The van der Waals surface area contributed by atoms with Gasteiger partial charge in [-0.1, -0.05) is 24.3 Å². The van der Waals surface area contributed by atoms with Crippen molar-refractivity contribution in [2.75, 3.05) is 11.4 Å². The average molecular weight is 301 g/mol. The molecule has 1 aromatic heterocycles. The number of benzene rings is 1. The molecule has 3 rings (SSSR count). The fraction of sp³-hybridized carbons (Fsp3) is 0.250. The highest BCUT2D eigenvalue weighted by Crippen LogP contribution is 2.36. The van der Waals surface area contributed by atoms with E-state index in [0.717, 1.165) is 11.3 Å². The van der Waals surface area contributed by atoms with Crippen molar-refractivity contribution < 1.29 is 14.7 Å². The molecule has 0 saturated heterocycles. The molecule has 2 heterocycles. The summed E-state index contributed by atoms with van der Waals surface area (Å²) in [4.78, 5) is 26.5. The SMILES string of the molecule is O=C(O)C1CN(C(=O)CCc2cccs2)c2ccccc21. The van der Waals surface area contributed by atoms with Crippen LogP contribution in [-0.4, -0.2) is 23.5 Å². The number of hydrogen-bond donors (Lipinski definition) is 1. The van der Waals surface area contributed by atoms with Gasteiger partial charge in [-0.05, 0) is 29.5 Å². The number of amides is 1. The Morgan fingerprint density at radius 3 is 2.76 bits per heavy atom. The van der Waals surface area contributed by atoms with Crippen LogP contribution in [0.5, 0.6) is 0 Å². The predicted octanol–water partition coefficient (Wildman–Crippen LogP) is 2.90. The number of aryl methyl sites for hydroxylation is 1. The zero-order chi connectivity index (χ0) is 14.8.